The van der Waals surface area contributed by atoms with Crippen molar-refractivity contribution < 1.29 is 9.13 Å². The quantitative estimate of drug-likeness (QED) is 0.475. The smallest absolute Gasteiger partial charge is 0.250 e. The second kappa shape index (κ2) is 9.65. The third-order valence-corrected chi connectivity index (χ3v) is 7.29. The summed E-state index contributed by atoms with van der Waals surface area (Å²) in [7, 11) is 0. The van der Waals surface area contributed by atoms with Crippen molar-refractivity contribution in [2.45, 2.75) is 89.7 Å². The maximum atomic E-state index is 14.3. The van der Waals surface area contributed by atoms with Crippen molar-refractivity contribution in [3.05, 3.63) is 41.6 Å². The lowest BCUT2D eigenvalue weighted by Gasteiger charge is -2.29. The Kier molecular flexibility index (Phi) is 6.47. The Hall–Kier alpha value is -2.70. The number of nitrogens with one attached hydrogen (secondary N) is 1. The van der Waals surface area contributed by atoms with Crippen LogP contribution in [0.3, 0.4) is 0 Å². The summed E-state index contributed by atoms with van der Waals surface area (Å²) in [6.45, 7) is 4.67. The zero-order valence-corrected chi connectivity index (χ0v) is 19.7. The van der Waals surface area contributed by atoms with Gasteiger partial charge < -0.3 is 10.1 Å². The van der Waals surface area contributed by atoms with Crippen LogP contribution in [0, 0.1) is 12.7 Å². The Morgan fingerprint density at radius 2 is 1.88 bits per heavy atom. The van der Waals surface area contributed by atoms with Gasteiger partial charge in [0.05, 0.1) is 17.3 Å². The number of nitrogens with zero attached hydrogens (tertiary/aromatic N) is 4. The van der Waals surface area contributed by atoms with Gasteiger partial charge in [0.2, 0.25) is 0 Å². The largest absolute Gasteiger partial charge is 0.472 e. The van der Waals surface area contributed by atoms with E-state index in [2.05, 4.69) is 33.0 Å². The van der Waals surface area contributed by atoms with Gasteiger partial charge in [-0.3, -0.25) is 4.68 Å². The monoisotopic (exact) mass is 451 g/mol. The number of anilines is 1. The fraction of sp³-hybridized carbons (Fsp3) is 0.577. The molecule has 0 bridgehead atoms. The maximum absolute atomic E-state index is 14.3. The molecule has 7 heteroatoms. The van der Waals surface area contributed by atoms with Crippen LogP contribution in [0.4, 0.5) is 10.2 Å². The van der Waals surface area contributed by atoms with Gasteiger partial charge in [0.25, 0.3) is 5.88 Å². The van der Waals surface area contributed by atoms with Gasteiger partial charge in [0.1, 0.15) is 11.9 Å². The lowest BCUT2D eigenvalue weighted by Crippen LogP contribution is -2.27. The molecule has 5 rings (SSSR count). The van der Waals surface area contributed by atoms with Crippen molar-refractivity contribution in [1.82, 2.24) is 19.7 Å². The van der Waals surface area contributed by atoms with Gasteiger partial charge >= 0.3 is 0 Å². The predicted molar refractivity (Wildman–Crippen MR) is 128 cm³/mol. The SMILES string of the molecule is CCNc1cc2c(cn1)c(C1CCCCC1)nn2C1CCC(Oc2nccc(C)c2F)CC1. The van der Waals surface area contributed by atoms with Crippen LogP contribution in [0.25, 0.3) is 10.9 Å². The molecule has 3 aromatic rings. The Morgan fingerprint density at radius 3 is 2.64 bits per heavy atom. The van der Waals surface area contributed by atoms with Gasteiger partial charge in [-0.05, 0) is 64.0 Å². The Balaban J connectivity index is 1.37. The topological polar surface area (TPSA) is 64.9 Å². The summed E-state index contributed by atoms with van der Waals surface area (Å²) in [6, 6.07) is 4.15. The van der Waals surface area contributed by atoms with Crippen molar-refractivity contribution in [3.63, 3.8) is 0 Å². The summed E-state index contributed by atoms with van der Waals surface area (Å²) in [4.78, 5) is 8.76. The highest BCUT2D eigenvalue weighted by Crippen LogP contribution is 2.39. The minimum absolute atomic E-state index is 0.0105. The molecule has 0 amide bonds. The Bertz CT molecular complexity index is 1100. The zero-order valence-electron chi connectivity index (χ0n) is 19.7. The molecular weight excluding hydrogens is 417 g/mol. The van der Waals surface area contributed by atoms with Crippen LogP contribution >= 0.6 is 0 Å². The average molecular weight is 452 g/mol. The minimum Gasteiger partial charge on any atom is -0.472 e. The summed E-state index contributed by atoms with van der Waals surface area (Å²) in [6.07, 6.45) is 13.6. The van der Waals surface area contributed by atoms with Gasteiger partial charge in [-0.2, -0.15) is 5.10 Å². The second-order valence-electron chi connectivity index (χ2n) is 9.58. The lowest BCUT2D eigenvalue weighted by molar-refractivity contribution is 0.120. The predicted octanol–water partition coefficient (Wildman–Crippen LogP) is 6.32. The third-order valence-electron chi connectivity index (χ3n) is 7.29. The molecular formula is C26H34FN5O. The third kappa shape index (κ3) is 4.55. The van der Waals surface area contributed by atoms with Crippen LogP contribution in [0.2, 0.25) is 0 Å². The van der Waals surface area contributed by atoms with Crippen LogP contribution in [-0.2, 0) is 0 Å². The molecule has 0 radical (unpaired) electrons. The lowest BCUT2D eigenvalue weighted by atomic mass is 9.86. The number of halogens is 1. The van der Waals surface area contributed by atoms with Crippen LogP contribution in [0.15, 0.2) is 24.5 Å². The first kappa shape index (κ1) is 22.1. The van der Waals surface area contributed by atoms with Crippen LogP contribution in [0.5, 0.6) is 5.88 Å². The van der Waals surface area contributed by atoms with Crippen molar-refractivity contribution in [2.24, 2.45) is 0 Å². The molecule has 0 saturated heterocycles. The van der Waals surface area contributed by atoms with E-state index in [1.165, 1.54) is 48.7 Å². The van der Waals surface area contributed by atoms with Crippen molar-refractivity contribution in [2.75, 3.05) is 11.9 Å². The molecule has 3 heterocycles. The van der Waals surface area contributed by atoms with Crippen LogP contribution in [-0.4, -0.2) is 32.4 Å². The van der Waals surface area contributed by atoms with Crippen LogP contribution in [0.1, 0.15) is 87.9 Å². The Labute approximate surface area is 195 Å². The van der Waals surface area contributed by atoms with E-state index >= 15 is 0 Å². The van der Waals surface area contributed by atoms with Gasteiger partial charge in [-0.25, -0.2) is 14.4 Å². The molecule has 2 aliphatic rings. The highest BCUT2D eigenvalue weighted by Gasteiger charge is 2.29. The second-order valence-corrected chi connectivity index (χ2v) is 9.58. The molecule has 2 fully saturated rings. The molecule has 0 unspecified atom stereocenters. The molecule has 0 spiro atoms. The molecule has 3 aromatic heterocycles. The molecule has 0 aromatic carbocycles. The van der Waals surface area contributed by atoms with Crippen molar-refractivity contribution >= 4 is 16.7 Å². The number of fused-ring (bicyclic) bond motifs is 1. The van der Waals surface area contributed by atoms with E-state index in [1.807, 2.05) is 6.20 Å². The van der Waals surface area contributed by atoms with Gasteiger partial charge in [-0.15, -0.1) is 0 Å². The summed E-state index contributed by atoms with van der Waals surface area (Å²) in [5.41, 5.74) is 2.97. The van der Waals surface area contributed by atoms with E-state index in [0.717, 1.165) is 38.0 Å². The molecule has 0 atom stereocenters. The molecule has 6 nitrogen and oxygen atoms in total. The van der Waals surface area contributed by atoms with Crippen LogP contribution < -0.4 is 10.1 Å². The minimum atomic E-state index is -0.349. The van der Waals surface area contributed by atoms with E-state index in [0.29, 0.717) is 17.5 Å². The standard InChI is InChI=1S/C26H34FN5O/c1-3-28-23-15-22-21(16-30-23)25(18-7-5-4-6-8-18)31-32(22)19-9-11-20(12-10-19)33-26-24(27)17(2)13-14-29-26/h13-16,18-20H,3-12H2,1-2H3,(H,28,30). The molecule has 0 aliphatic heterocycles. The summed E-state index contributed by atoms with van der Waals surface area (Å²) in [5, 5.41) is 9.76. The first-order valence-electron chi connectivity index (χ1n) is 12.5. The van der Waals surface area contributed by atoms with Gasteiger partial charge in [0, 0.05) is 36.3 Å². The summed E-state index contributed by atoms with van der Waals surface area (Å²) in [5.74, 6) is 1.21. The fourth-order valence-electron chi connectivity index (χ4n) is 5.45. The van der Waals surface area contributed by atoms with Crippen molar-refractivity contribution in [3.8, 4) is 5.88 Å². The number of ether oxygens (including phenoxy) is 1. The average Bonchev–Trinajstić information content (AvgIpc) is 3.22. The number of hydrogen-bond donors (Lipinski definition) is 1. The number of hydrogen-bond acceptors (Lipinski definition) is 5. The zero-order chi connectivity index (χ0) is 22.8. The summed E-state index contributed by atoms with van der Waals surface area (Å²) >= 11 is 0. The van der Waals surface area contributed by atoms with E-state index in [4.69, 9.17) is 9.84 Å². The highest BCUT2D eigenvalue weighted by atomic mass is 19.1. The number of rotatable bonds is 6. The number of aromatic nitrogens is 4. The maximum Gasteiger partial charge on any atom is 0.250 e. The molecule has 2 saturated carbocycles. The summed E-state index contributed by atoms with van der Waals surface area (Å²) < 4.78 is 22.5. The number of pyridine rings is 2. The van der Waals surface area contributed by atoms with Gasteiger partial charge in [0.15, 0.2) is 5.82 Å². The van der Waals surface area contributed by atoms with E-state index < -0.39 is 0 Å². The molecule has 2 aliphatic carbocycles. The Morgan fingerprint density at radius 1 is 1.09 bits per heavy atom. The molecule has 176 valence electrons. The van der Waals surface area contributed by atoms with Crippen molar-refractivity contribution in [1.29, 1.82) is 0 Å². The fourth-order valence-corrected chi connectivity index (χ4v) is 5.45. The first-order valence-corrected chi connectivity index (χ1v) is 12.5. The normalized spacial score (nSPS) is 21.9. The first-order chi connectivity index (χ1) is 16.1. The van der Waals surface area contributed by atoms with Gasteiger partial charge in [-0.1, -0.05) is 19.3 Å². The van der Waals surface area contributed by atoms with E-state index in [9.17, 15) is 4.39 Å². The number of aryl methyl sites for hydroxylation is 1. The molecule has 1 N–H and O–H groups in total. The van der Waals surface area contributed by atoms with E-state index in [-0.39, 0.29) is 17.8 Å². The van der Waals surface area contributed by atoms with E-state index in [1.54, 1.807) is 19.2 Å². The highest BCUT2D eigenvalue weighted by molar-refractivity contribution is 5.84. The molecule has 33 heavy (non-hydrogen) atoms.